The minimum absolute atomic E-state index is 0. The van der Waals surface area contributed by atoms with Crippen LogP contribution in [0.4, 0.5) is 0 Å². The molecule has 1 aliphatic carbocycles. The zero-order chi connectivity index (χ0) is 13.9. The molecule has 3 unspecified atom stereocenters. The zero-order valence-corrected chi connectivity index (χ0v) is 15.1. The molecule has 1 N–H and O–H groups in total. The van der Waals surface area contributed by atoms with Gasteiger partial charge >= 0.3 is 20.1 Å². The van der Waals surface area contributed by atoms with Crippen LogP contribution in [0.3, 0.4) is 0 Å². The minimum atomic E-state index is 0. The molecule has 0 radical (unpaired) electrons. The van der Waals surface area contributed by atoms with Gasteiger partial charge < -0.3 is 22.1 Å². The van der Waals surface area contributed by atoms with E-state index < -0.39 is 0 Å². The van der Waals surface area contributed by atoms with E-state index in [1.165, 1.54) is 6.42 Å². The summed E-state index contributed by atoms with van der Waals surface area (Å²) >= 11 is 0. The van der Waals surface area contributed by atoms with E-state index in [0.29, 0.717) is 5.41 Å². The Balaban J connectivity index is -0.0000000623. The SMILES string of the molecule is CCC1C(C)C1C(C)(C)C.CO.[CH-]=O.[CH-]=O.[CH3-].[Ir+3]. The fourth-order valence-corrected chi connectivity index (χ4v) is 2.60. The Bertz CT molecular complexity index is 156. The van der Waals surface area contributed by atoms with Crippen molar-refractivity contribution in [1.29, 1.82) is 0 Å². The molecule has 3 atom stereocenters. The first kappa shape index (κ1) is 30.8. The summed E-state index contributed by atoms with van der Waals surface area (Å²) in [4.78, 5) is 15.5. The summed E-state index contributed by atoms with van der Waals surface area (Å²) in [6, 6.07) is 0. The summed E-state index contributed by atoms with van der Waals surface area (Å²) in [5, 5.41) is 7.00. The summed E-state index contributed by atoms with van der Waals surface area (Å²) < 4.78 is 0. The number of hydrogen-bond donors (Lipinski definition) is 1. The molecular weight excluding hydrogens is 408 g/mol. The van der Waals surface area contributed by atoms with Crippen molar-refractivity contribution in [3.8, 4) is 0 Å². The number of rotatable bonds is 1. The molecule has 0 aromatic heterocycles. The Morgan fingerprint density at radius 1 is 1.06 bits per heavy atom. The van der Waals surface area contributed by atoms with Gasteiger partial charge in [0.2, 0.25) is 0 Å². The third-order valence-electron chi connectivity index (χ3n) is 3.03. The molecule has 0 spiro atoms. The average molecular weight is 438 g/mol. The van der Waals surface area contributed by atoms with Crippen molar-refractivity contribution < 1.29 is 34.8 Å². The molecule has 1 fully saturated rings. The maximum absolute atomic E-state index is 7.75. The third-order valence-corrected chi connectivity index (χ3v) is 3.03. The molecule has 112 valence electrons. The number of carbonyl (C=O) groups excluding carboxylic acids is 2. The summed E-state index contributed by atoms with van der Waals surface area (Å²) in [6.07, 6.45) is 1.38. The van der Waals surface area contributed by atoms with E-state index in [1.807, 2.05) is 0 Å². The fourth-order valence-electron chi connectivity index (χ4n) is 2.60. The second-order valence-corrected chi connectivity index (χ2v) is 4.82. The maximum atomic E-state index is 7.75. The molecule has 0 heterocycles. The molecule has 1 aliphatic rings. The average Bonchev–Trinajstić information content (AvgIpc) is 2.97. The van der Waals surface area contributed by atoms with Crippen LogP contribution in [0.25, 0.3) is 0 Å². The van der Waals surface area contributed by atoms with Crippen LogP contribution < -0.4 is 0 Å². The van der Waals surface area contributed by atoms with Crippen LogP contribution in [0, 0.1) is 30.6 Å². The molecule has 0 saturated heterocycles. The molecule has 0 aliphatic heterocycles. The van der Waals surface area contributed by atoms with Gasteiger partial charge in [-0.3, -0.25) is 13.6 Å². The fraction of sp³-hybridized carbons (Fsp3) is 0.786. The van der Waals surface area contributed by atoms with Crippen LogP contribution in [0.2, 0.25) is 0 Å². The van der Waals surface area contributed by atoms with E-state index in [0.717, 1.165) is 24.9 Å². The number of hydrogen-bond acceptors (Lipinski definition) is 3. The first-order valence-electron chi connectivity index (χ1n) is 5.40. The van der Waals surface area contributed by atoms with Crippen molar-refractivity contribution in [2.75, 3.05) is 7.11 Å². The van der Waals surface area contributed by atoms with Crippen molar-refractivity contribution in [1.82, 2.24) is 0 Å². The van der Waals surface area contributed by atoms with Gasteiger partial charge in [-0.2, -0.15) is 0 Å². The monoisotopic (exact) mass is 438 g/mol. The molecular formula is C14H29IrO3. The second kappa shape index (κ2) is 16.9. The van der Waals surface area contributed by atoms with E-state index in [2.05, 4.69) is 48.2 Å². The molecule has 0 aromatic rings. The van der Waals surface area contributed by atoms with Crippen molar-refractivity contribution in [3.05, 3.63) is 7.43 Å². The van der Waals surface area contributed by atoms with E-state index in [1.54, 1.807) is 0 Å². The van der Waals surface area contributed by atoms with E-state index in [-0.39, 0.29) is 27.5 Å². The van der Waals surface area contributed by atoms with Gasteiger partial charge in [0.25, 0.3) is 0 Å². The Morgan fingerprint density at radius 3 is 1.39 bits per heavy atom. The van der Waals surface area contributed by atoms with Crippen molar-refractivity contribution in [2.45, 2.75) is 41.0 Å². The summed E-state index contributed by atoms with van der Waals surface area (Å²) in [5.41, 5.74) is 0.556. The van der Waals surface area contributed by atoms with Crippen LogP contribution >= 0.6 is 0 Å². The van der Waals surface area contributed by atoms with Gasteiger partial charge in [0.15, 0.2) is 0 Å². The molecule has 3 nitrogen and oxygen atoms in total. The summed E-state index contributed by atoms with van der Waals surface area (Å²) in [5.74, 6) is 3.02. The van der Waals surface area contributed by atoms with Gasteiger partial charge in [-0.1, -0.05) is 41.0 Å². The van der Waals surface area contributed by atoms with E-state index in [9.17, 15) is 0 Å². The van der Waals surface area contributed by atoms with Gasteiger partial charge in [0.1, 0.15) is 0 Å². The topological polar surface area (TPSA) is 54.4 Å². The van der Waals surface area contributed by atoms with Crippen LogP contribution in [0.1, 0.15) is 41.0 Å². The standard InChI is InChI=1S/C10H20.CH4O.2CHO.CH3.Ir/c1-6-8-7(2)9(8)10(3,4)5;3*1-2;;/h7-9H,6H2,1-5H3;2H,1H3;2*1H;1H3;/q;;3*-1;+3. The van der Waals surface area contributed by atoms with Crippen molar-refractivity contribution >= 4 is 13.6 Å². The summed E-state index contributed by atoms with van der Waals surface area (Å²) in [7, 11) is 1.00. The molecule has 4 heteroatoms. The smallest absolute Gasteiger partial charge is 0.545 e. The molecule has 0 amide bonds. The second-order valence-electron chi connectivity index (χ2n) is 4.82. The Morgan fingerprint density at radius 2 is 1.33 bits per heavy atom. The number of aliphatic hydroxyl groups is 1. The Labute approximate surface area is 127 Å². The first-order chi connectivity index (χ1) is 7.48. The Kier molecular flexibility index (Phi) is 29.0. The van der Waals surface area contributed by atoms with Crippen LogP contribution in [0.5, 0.6) is 0 Å². The molecule has 1 saturated carbocycles. The van der Waals surface area contributed by atoms with Crippen LogP contribution in [-0.2, 0) is 29.7 Å². The zero-order valence-electron chi connectivity index (χ0n) is 12.7. The normalized spacial score (nSPS) is 22.9. The van der Waals surface area contributed by atoms with Crippen LogP contribution in [-0.4, -0.2) is 25.8 Å². The molecule has 0 bridgehead atoms. The number of aliphatic hydroxyl groups excluding tert-OH is 1. The quantitative estimate of drug-likeness (QED) is 0.507. The van der Waals surface area contributed by atoms with Crippen LogP contribution in [0.15, 0.2) is 0 Å². The summed E-state index contributed by atoms with van der Waals surface area (Å²) in [6.45, 7) is 18.3. The van der Waals surface area contributed by atoms with E-state index in [4.69, 9.17) is 14.7 Å². The largest absolute Gasteiger partial charge is 3.00 e. The van der Waals surface area contributed by atoms with Gasteiger partial charge in [-0.25, -0.2) is 0 Å². The van der Waals surface area contributed by atoms with Gasteiger partial charge in [0.05, 0.1) is 0 Å². The predicted octanol–water partition coefficient (Wildman–Crippen LogP) is 2.83. The van der Waals surface area contributed by atoms with Gasteiger partial charge in [-0.05, 0) is 23.2 Å². The predicted molar refractivity (Wildman–Crippen MR) is 73.9 cm³/mol. The molecule has 1 rings (SSSR count). The van der Waals surface area contributed by atoms with Gasteiger partial charge in [0, 0.05) is 7.11 Å². The van der Waals surface area contributed by atoms with Crippen molar-refractivity contribution in [2.24, 2.45) is 23.2 Å². The third kappa shape index (κ3) is 11.1. The Hall–Kier alpha value is -0.0506. The maximum Gasteiger partial charge on any atom is 3.00 e. The van der Waals surface area contributed by atoms with Crippen molar-refractivity contribution in [3.63, 3.8) is 0 Å². The minimum Gasteiger partial charge on any atom is -0.545 e. The van der Waals surface area contributed by atoms with Gasteiger partial charge in [-0.15, -0.1) is 0 Å². The molecule has 0 aromatic carbocycles. The molecule has 18 heavy (non-hydrogen) atoms. The first-order valence-corrected chi connectivity index (χ1v) is 5.40. The van der Waals surface area contributed by atoms with E-state index >= 15 is 0 Å².